The van der Waals surface area contributed by atoms with Crippen LogP contribution in [0.1, 0.15) is 36.3 Å². The number of benzene rings is 1. The average molecular weight is 286 g/mol. The third-order valence-electron chi connectivity index (χ3n) is 2.87. The van der Waals surface area contributed by atoms with Crippen LogP contribution in [0.4, 0.5) is 0 Å². The molecule has 0 saturated heterocycles. The van der Waals surface area contributed by atoms with Gasteiger partial charge in [0.25, 0.3) is 5.91 Å². The molecular weight excluding hydrogens is 268 g/mol. The first-order valence-electron chi connectivity index (χ1n) is 6.84. The molecule has 1 heterocycles. The molecule has 1 amide bonds. The van der Waals surface area contributed by atoms with Gasteiger partial charge in [-0.15, -0.1) is 0 Å². The normalized spacial score (nSPS) is 11.2. The van der Waals surface area contributed by atoms with E-state index in [1.807, 2.05) is 38.1 Å². The lowest BCUT2D eigenvalue weighted by Crippen LogP contribution is -2.20. The molecule has 0 fully saturated rings. The lowest BCUT2D eigenvalue weighted by atomic mass is 10.1. The minimum atomic E-state index is -0.315. The Balaban J connectivity index is 2.07. The molecule has 0 atom stereocenters. The largest absolute Gasteiger partial charge is 0.494 e. The van der Waals surface area contributed by atoms with Crippen molar-refractivity contribution < 1.29 is 9.53 Å². The lowest BCUT2D eigenvalue weighted by molar-refractivity contribution is 0.0950. The summed E-state index contributed by atoms with van der Waals surface area (Å²) < 4.78 is 5.40. The van der Waals surface area contributed by atoms with Crippen LogP contribution in [0.25, 0.3) is 0 Å². The van der Waals surface area contributed by atoms with Crippen molar-refractivity contribution in [2.45, 2.75) is 20.3 Å². The van der Waals surface area contributed by atoms with E-state index in [4.69, 9.17) is 4.74 Å². The van der Waals surface area contributed by atoms with Gasteiger partial charge in [0.15, 0.2) is 0 Å². The molecule has 2 rings (SSSR count). The second kappa shape index (κ2) is 7.23. The summed E-state index contributed by atoms with van der Waals surface area (Å²) in [6, 6.07) is 9.22. The number of carbonyl (C=O) groups excluding carboxylic acids is 1. The predicted molar refractivity (Wildman–Crippen MR) is 80.5 cm³/mol. The number of amides is 1. The van der Waals surface area contributed by atoms with Gasteiger partial charge in [-0.3, -0.25) is 9.89 Å². The van der Waals surface area contributed by atoms with Gasteiger partial charge in [0.05, 0.1) is 12.3 Å². The van der Waals surface area contributed by atoms with E-state index in [9.17, 15) is 4.79 Å². The topological polar surface area (TPSA) is 79.4 Å². The summed E-state index contributed by atoms with van der Waals surface area (Å²) in [7, 11) is 0. The number of carbonyl (C=O) groups is 1. The molecule has 0 aliphatic heterocycles. The maximum atomic E-state index is 11.8. The van der Waals surface area contributed by atoms with Gasteiger partial charge < -0.3 is 4.74 Å². The van der Waals surface area contributed by atoms with Gasteiger partial charge in [-0.2, -0.15) is 10.2 Å². The standard InChI is InChI=1S/C15H18N4O2/c1-3-13(11-5-7-12(8-6-11)21-4-2)18-19-15(20)14-9-10-16-17-14/h5-10H,3-4H2,1-2H3,(H,16,17)(H,19,20)/b18-13-. The van der Waals surface area contributed by atoms with Crippen LogP contribution in [-0.2, 0) is 0 Å². The minimum Gasteiger partial charge on any atom is -0.494 e. The molecule has 0 spiro atoms. The van der Waals surface area contributed by atoms with E-state index < -0.39 is 0 Å². The van der Waals surface area contributed by atoms with Crippen LogP contribution in [0.15, 0.2) is 41.6 Å². The summed E-state index contributed by atoms with van der Waals surface area (Å²) in [6.07, 6.45) is 2.23. The highest BCUT2D eigenvalue weighted by Crippen LogP contribution is 2.13. The van der Waals surface area contributed by atoms with Crippen molar-refractivity contribution in [3.05, 3.63) is 47.8 Å². The summed E-state index contributed by atoms with van der Waals surface area (Å²) in [6.45, 7) is 4.56. The predicted octanol–water partition coefficient (Wildman–Crippen LogP) is 2.35. The van der Waals surface area contributed by atoms with Crippen LogP contribution in [0.3, 0.4) is 0 Å². The van der Waals surface area contributed by atoms with Crippen molar-refractivity contribution in [2.24, 2.45) is 5.10 Å². The number of rotatable bonds is 6. The van der Waals surface area contributed by atoms with Gasteiger partial charge in [-0.05, 0) is 49.2 Å². The first-order valence-corrected chi connectivity index (χ1v) is 6.84. The van der Waals surface area contributed by atoms with E-state index in [0.717, 1.165) is 17.0 Å². The van der Waals surface area contributed by atoms with Gasteiger partial charge in [-0.1, -0.05) is 6.92 Å². The number of aromatic nitrogens is 2. The molecule has 21 heavy (non-hydrogen) atoms. The summed E-state index contributed by atoms with van der Waals surface area (Å²) in [5, 5.41) is 10.5. The molecule has 1 aromatic heterocycles. The number of nitrogens with one attached hydrogen (secondary N) is 2. The maximum absolute atomic E-state index is 11.8. The smallest absolute Gasteiger partial charge is 0.289 e. The second-order valence-corrected chi connectivity index (χ2v) is 4.28. The SMILES string of the molecule is CCOc1ccc(/C(CC)=N\NC(=O)c2ccn[nH]2)cc1. The number of aromatic amines is 1. The monoisotopic (exact) mass is 286 g/mol. The van der Waals surface area contributed by atoms with Gasteiger partial charge in [0.2, 0.25) is 0 Å². The maximum Gasteiger partial charge on any atom is 0.289 e. The van der Waals surface area contributed by atoms with Crippen molar-refractivity contribution in [3.63, 3.8) is 0 Å². The average Bonchev–Trinajstić information content (AvgIpc) is 3.04. The van der Waals surface area contributed by atoms with Crippen LogP contribution in [-0.4, -0.2) is 28.4 Å². The zero-order valence-electron chi connectivity index (χ0n) is 12.1. The van der Waals surface area contributed by atoms with Crippen LogP contribution >= 0.6 is 0 Å². The van der Waals surface area contributed by atoms with E-state index in [2.05, 4.69) is 20.7 Å². The third-order valence-corrected chi connectivity index (χ3v) is 2.87. The van der Waals surface area contributed by atoms with Gasteiger partial charge in [-0.25, -0.2) is 5.43 Å². The molecule has 0 saturated carbocycles. The van der Waals surface area contributed by atoms with Crippen LogP contribution in [0.2, 0.25) is 0 Å². The van der Waals surface area contributed by atoms with Crippen LogP contribution in [0, 0.1) is 0 Å². The van der Waals surface area contributed by atoms with Gasteiger partial charge in [0.1, 0.15) is 11.4 Å². The number of nitrogens with zero attached hydrogens (tertiary/aromatic N) is 2. The second-order valence-electron chi connectivity index (χ2n) is 4.28. The molecule has 6 nitrogen and oxygen atoms in total. The minimum absolute atomic E-state index is 0.315. The molecule has 2 N–H and O–H groups in total. The zero-order valence-corrected chi connectivity index (χ0v) is 12.1. The molecule has 2 aromatic rings. The van der Waals surface area contributed by atoms with Crippen molar-refractivity contribution in [3.8, 4) is 5.75 Å². The Labute approximate surface area is 123 Å². The first kappa shape index (κ1) is 14.8. The van der Waals surface area contributed by atoms with E-state index in [1.54, 1.807) is 6.07 Å². The summed E-state index contributed by atoms with van der Waals surface area (Å²) in [5.74, 6) is 0.502. The quantitative estimate of drug-likeness (QED) is 0.632. The summed E-state index contributed by atoms with van der Waals surface area (Å²) in [5.41, 5.74) is 4.64. The van der Waals surface area contributed by atoms with Crippen LogP contribution < -0.4 is 10.2 Å². The molecule has 0 bridgehead atoms. The van der Waals surface area contributed by atoms with Crippen molar-refractivity contribution in [2.75, 3.05) is 6.61 Å². The molecule has 1 aromatic carbocycles. The number of H-pyrrole nitrogens is 1. The van der Waals surface area contributed by atoms with E-state index in [1.165, 1.54) is 6.20 Å². The van der Waals surface area contributed by atoms with Crippen molar-refractivity contribution in [1.29, 1.82) is 0 Å². The number of ether oxygens (including phenoxy) is 1. The highest BCUT2D eigenvalue weighted by atomic mass is 16.5. The van der Waals surface area contributed by atoms with E-state index >= 15 is 0 Å². The van der Waals surface area contributed by atoms with Gasteiger partial charge in [0, 0.05) is 6.20 Å². The summed E-state index contributed by atoms with van der Waals surface area (Å²) >= 11 is 0. The molecule has 0 radical (unpaired) electrons. The molecule has 0 unspecified atom stereocenters. The number of hydrazone groups is 1. The Morgan fingerprint density at radius 3 is 2.62 bits per heavy atom. The fraction of sp³-hybridized carbons (Fsp3) is 0.267. The van der Waals surface area contributed by atoms with Crippen LogP contribution in [0.5, 0.6) is 5.75 Å². The molecular formula is C15H18N4O2. The Bertz CT molecular complexity index is 603. The molecule has 0 aliphatic rings. The number of hydrogen-bond donors (Lipinski definition) is 2. The number of hydrogen-bond acceptors (Lipinski definition) is 4. The van der Waals surface area contributed by atoms with Crippen molar-refractivity contribution in [1.82, 2.24) is 15.6 Å². The highest BCUT2D eigenvalue weighted by molar-refractivity contribution is 6.01. The Hall–Kier alpha value is -2.63. The van der Waals surface area contributed by atoms with E-state index in [-0.39, 0.29) is 5.91 Å². The third kappa shape index (κ3) is 3.92. The summed E-state index contributed by atoms with van der Waals surface area (Å²) in [4.78, 5) is 11.8. The molecule has 0 aliphatic carbocycles. The van der Waals surface area contributed by atoms with Crippen molar-refractivity contribution >= 4 is 11.6 Å². The highest BCUT2D eigenvalue weighted by Gasteiger charge is 2.07. The molecule has 110 valence electrons. The Morgan fingerprint density at radius 1 is 1.29 bits per heavy atom. The van der Waals surface area contributed by atoms with Gasteiger partial charge >= 0.3 is 0 Å². The fourth-order valence-electron chi connectivity index (χ4n) is 1.82. The van der Waals surface area contributed by atoms with E-state index in [0.29, 0.717) is 18.7 Å². The zero-order chi connectivity index (χ0) is 15.1. The molecule has 6 heteroatoms. The lowest BCUT2D eigenvalue weighted by Gasteiger charge is -2.07. The Morgan fingerprint density at radius 2 is 2.05 bits per heavy atom. The first-order chi connectivity index (χ1) is 10.2. The fourth-order valence-corrected chi connectivity index (χ4v) is 1.82. The Kier molecular flexibility index (Phi) is 5.09.